The zero-order valence-electron chi connectivity index (χ0n) is 14.5. The van der Waals surface area contributed by atoms with Gasteiger partial charge in [-0.2, -0.15) is 13.2 Å². The number of carbonyl (C=O) groups is 1. The van der Waals surface area contributed by atoms with Gasteiger partial charge in [0.1, 0.15) is 16.9 Å². The first kappa shape index (κ1) is 18.3. The fourth-order valence-corrected chi connectivity index (χ4v) is 2.61. The molecule has 11 heteroatoms. The van der Waals surface area contributed by atoms with Crippen LogP contribution in [0.5, 0.6) is 5.75 Å². The highest BCUT2D eigenvalue weighted by Crippen LogP contribution is 2.31. The third kappa shape index (κ3) is 3.70. The first-order valence-corrected chi connectivity index (χ1v) is 8.17. The van der Waals surface area contributed by atoms with Gasteiger partial charge in [0, 0.05) is 12.4 Å². The molecule has 0 saturated heterocycles. The van der Waals surface area contributed by atoms with E-state index in [1.165, 1.54) is 29.0 Å². The number of fused-ring (bicyclic) bond motifs is 1. The quantitative estimate of drug-likeness (QED) is 0.513. The molecule has 29 heavy (non-hydrogen) atoms. The lowest BCUT2D eigenvalue weighted by Crippen LogP contribution is -2.10. The number of anilines is 2. The Balaban J connectivity index is 1.81. The summed E-state index contributed by atoms with van der Waals surface area (Å²) in [5.74, 6) is 0.417. The Labute approximate surface area is 161 Å². The van der Waals surface area contributed by atoms with E-state index in [9.17, 15) is 18.0 Å². The van der Waals surface area contributed by atoms with E-state index in [2.05, 4.69) is 25.4 Å². The van der Waals surface area contributed by atoms with Gasteiger partial charge in [-0.25, -0.2) is 14.5 Å². The Morgan fingerprint density at radius 1 is 1.10 bits per heavy atom. The van der Waals surface area contributed by atoms with E-state index in [4.69, 9.17) is 4.74 Å². The summed E-state index contributed by atoms with van der Waals surface area (Å²) in [6.45, 7) is 0.257. The predicted molar refractivity (Wildman–Crippen MR) is 95.4 cm³/mol. The lowest BCUT2D eigenvalue weighted by atomic mass is 10.3. The molecule has 0 bridgehead atoms. The van der Waals surface area contributed by atoms with Gasteiger partial charge in [0.05, 0.1) is 11.9 Å². The predicted octanol–water partition coefficient (Wildman–Crippen LogP) is 3.48. The van der Waals surface area contributed by atoms with E-state index in [0.717, 1.165) is 6.07 Å². The number of nitrogens with one attached hydrogen (secondary N) is 1. The average Bonchev–Trinajstić information content (AvgIpc) is 3.18. The number of rotatable bonds is 5. The summed E-state index contributed by atoms with van der Waals surface area (Å²) in [6.07, 6.45) is -0.157. The minimum absolute atomic E-state index is 0.0192. The molecule has 0 unspecified atom stereocenters. The molecule has 0 amide bonds. The Morgan fingerprint density at radius 3 is 2.76 bits per heavy atom. The van der Waals surface area contributed by atoms with Gasteiger partial charge in [-0.3, -0.25) is 9.78 Å². The van der Waals surface area contributed by atoms with Gasteiger partial charge < -0.3 is 10.1 Å². The average molecular weight is 400 g/mol. The zero-order chi connectivity index (χ0) is 20.4. The fraction of sp³-hybridized carbons (Fsp3) is 0.0556. The Bertz CT molecular complexity index is 1190. The molecule has 0 atom stereocenters. The van der Waals surface area contributed by atoms with Gasteiger partial charge in [0.15, 0.2) is 11.6 Å². The first-order valence-electron chi connectivity index (χ1n) is 8.17. The number of carbonyl (C=O) groups excluding carboxylic acids is 1. The van der Waals surface area contributed by atoms with Crippen LogP contribution in [0.1, 0.15) is 5.69 Å². The van der Waals surface area contributed by atoms with E-state index in [1.54, 1.807) is 24.4 Å². The van der Waals surface area contributed by atoms with Crippen molar-refractivity contribution in [2.45, 2.75) is 6.18 Å². The highest BCUT2D eigenvalue weighted by Gasteiger charge is 2.32. The van der Waals surface area contributed by atoms with Gasteiger partial charge in [-0.1, -0.05) is 6.07 Å². The van der Waals surface area contributed by atoms with Crippen molar-refractivity contribution in [3.05, 3.63) is 60.7 Å². The lowest BCUT2D eigenvalue weighted by molar-refractivity contribution is -0.141. The maximum absolute atomic E-state index is 13.0. The second-order valence-corrected chi connectivity index (χ2v) is 5.74. The molecule has 0 aliphatic heterocycles. The maximum atomic E-state index is 13.0. The molecule has 0 aliphatic rings. The van der Waals surface area contributed by atoms with Crippen LogP contribution in [0.2, 0.25) is 0 Å². The molecule has 0 aliphatic carbocycles. The van der Waals surface area contributed by atoms with Gasteiger partial charge >= 0.3 is 6.18 Å². The van der Waals surface area contributed by atoms with E-state index >= 15 is 0 Å². The minimum Gasteiger partial charge on any atom is -0.425 e. The van der Waals surface area contributed by atoms with Gasteiger partial charge in [-0.05, 0) is 30.3 Å². The van der Waals surface area contributed by atoms with Crippen molar-refractivity contribution in [2.24, 2.45) is 0 Å². The number of halogens is 3. The smallest absolute Gasteiger partial charge is 0.425 e. The van der Waals surface area contributed by atoms with Gasteiger partial charge in [0.25, 0.3) is 6.47 Å². The number of alkyl halides is 3. The van der Waals surface area contributed by atoms with Crippen LogP contribution < -0.4 is 10.1 Å². The molecule has 0 fully saturated rings. The molecule has 0 saturated carbocycles. The molecule has 8 nitrogen and oxygen atoms in total. The molecule has 4 heterocycles. The molecule has 0 radical (unpaired) electrons. The lowest BCUT2D eigenvalue weighted by Gasteiger charge is -2.12. The van der Waals surface area contributed by atoms with E-state index in [-0.39, 0.29) is 29.6 Å². The van der Waals surface area contributed by atoms with Crippen LogP contribution in [0.3, 0.4) is 0 Å². The standard InChI is InChI=1S/C18H11F3N6O2/c19-18(20,21)15-5-1-3-12(23-15)16-25-17(13-4-2-8-27(13)26-16)24-11-6-7-22-9-14(11)29-10-28/h1-10H,(H,22,24,25,26). The van der Waals surface area contributed by atoms with Crippen LogP contribution in [0.4, 0.5) is 24.7 Å². The van der Waals surface area contributed by atoms with Crippen molar-refractivity contribution in [3.63, 3.8) is 0 Å². The molecule has 0 aromatic carbocycles. The van der Waals surface area contributed by atoms with Gasteiger partial charge in [-0.15, -0.1) is 5.10 Å². The highest BCUT2D eigenvalue weighted by atomic mass is 19.4. The monoisotopic (exact) mass is 400 g/mol. The maximum Gasteiger partial charge on any atom is 0.433 e. The number of aromatic nitrogens is 5. The normalized spacial score (nSPS) is 11.4. The van der Waals surface area contributed by atoms with E-state index < -0.39 is 11.9 Å². The largest absolute Gasteiger partial charge is 0.433 e. The summed E-state index contributed by atoms with van der Waals surface area (Å²) in [6, 6.07) is 8.47. The molecule has 4 aromatic heterocycles. The summed E-state index contributed by atoms with van der Waals surface area (Å²) in [4.78, 5) is 22.5. The number of hydrogen-bond donors (Lipinski definition) is 1. The Hall–Kier alpha value is -4.02. The van der Waals surface area contributed by atoms with Crippen LogP contribution in [0.15, 0.2) is 55.0 Å². The Morgan fingerprint density at radius 2 is 1.97 bits per heavy atom. The molecular weight excluding hydrogens is 389 g/mol. The third-order valence-electron chi connectivity index (χ3n) is 3.87. The van der Waals surface area contributed by atoms with Crippen molar-refractivity contribution >= 4 is 23.5 Å². The fourth-order valence-electron chi connectivity index (χ4n) is 2.61. The molecule has 1 N–H and O–H groups in total. The zero-order valence-corrected chi connectivity index (χ0v) is 14.5. The second kappa shape index (κ2) is 7.19. The molecule has 0 spiro atoms. The van der Waals surface area contributed by atoms with Crippen LogP contribution in [-0.4, -0.2) is 31.0 Å². The van der Waals surface area contributed by atoms with Crippen LogP contribution in [-0.2, 0) is 11.0 Å². The van der Waals surface area contributed by atoms with E-state index in [1.807, 2.05) is 0 Å². The number of ether oxygens (including phenoxy) is 1. The topological polar surface area (TPSA) is 94.3 Å². The number of pyridine rings is 2. The van der Waals surface area contributed by atoms with Crippen LogP contribution in [0, 0.1) is 0 Å². The molecular formula is C18H11F3N6O2. The van der Waals surface area contributed by atoms with Crippen LogP contribution >= 0.6 is 0 Å². The van der Waals surface area contributed by atoms with E-state index in [0.29, 0.717) is 11.2 Å². The summed E-state index contributed by atoms with van der Waals surface area (Å²) in [5.41, 5.74) is -0.152. The summed E-state index contributed by atoms with van der Waals surface area (Å²) < 4.78 is 45.3. The summed E-state index contributed by atoms with van der Waals surface area (Å²) >= 11 is 0. The molecule has 4 aromatic rings. The SMILES string of the molecule is O=COc1cnccc1Nc1nc(-c2cccc(C(F)(F)F)n2)nn2cccc12. The third-order valence-corrected chi connectivity index (χ3v) is 3.87. The van der Waals surface area contributed by atoms with Crippen molar-refractivity contribution in [1.82, 2.24) is 24.6 Å². The summed E-state index contributed by atoms with van der Waals surface area (Å²) in [5, 5.41) is 7.22. The minimum atomic E-state index is -4.59. The second-order valence-electron chi connectivity index (χ2n) is 5.74. The number of hydrogen-bond acceptors (Lipinski definition) is 7. The van der Waals surface area contributed by atoms with Crippen molar-refractivity contribution in [1.29, 1.82) is 0 Å². The van der Waals surface area contributed by atoms with Crippen molar-refractivity contribution < 1.29 is 22.7 Å². The Kier molecular flexibility index (Phi) is 4.55. The number of nitrogens with zero attached hydrogens (tertiary/aromatic N) is 5. The summed E-state index contributed by atoms with van der Waals surface area (Å²) in [7, 11) is 0. The molecule has 4 rings (SSSR count). The molecule has 146 valence electrons. The highest BCUT2D eigenvalue weighted by molar-refractivity contribution is 5.77. The first-order chi connectivity index (χ1) is 14.0. The van der Waals surface area contributed by atoms with Crippen molar-refractivity contribution in [2.75, 3.05) is 5.32 Å². The van der Waals surface area contributed by atoms with Crippen molar-refractivity contribution in [3.8, 4) is 17.3 Å². The van der Waals surface area contributed by atoms with Crippen LogP contribution in [0.25, 0.3) is 17.0 Å². The van der Waals surface area contributed by atoms with Gasteiger partial charge in [0.2, 0.25) is 5.82 Å².